The molecule has 2 unspecified atom stereocenters. The van der Waals surface area contributed by atoms with E-state index in [2.05, 4.69) is 41.5 Å². The zero-order chi connectivity index (χ0) is 14.7. The fourth-order valence-corrected chi connectivity index (χ4v) is 4.24. The standard InChI is InChI=1S/C17H20N2OS/c1-3-18-17(16-13(20-2)8-6-10-19-16)15-11-12-7-4-5-9-14(12)21-15/h4-10,15,17-18H,3,11H2,1-2H3. The fraction of sp³-hybridized carbons (Fsp3) is 0.353. The Hall–Kier alpha value is -1.52. The maximum atomic E-state index is 5.50. The van der Waals surface area contributed by atoms with E-state index in [1.165, 1.54) is 10.5 Å². The number of rotatable bonds is 5. The van der Waals surface area contributed by atoms with Crippen molar-refractivity contribution in [3.8, 4) is 5.75 Å². The monoisotopic (exact) mass is 300 g/mol. The molecule has 0 spiro atoms. The molecule has 2 heterocycles. The summed E-state index contributed by atoms with van der Waals surface area (Å²) in [6, 6.07) is 12.8. The molecule has 0 bridgehead atoms. The van der Waals surface area contributed by atoms with E-state index in [0.29, 0.717) is 5.25 Å². The number of methoxy groups -OCH3 is 1. The van der Waals surface area contributed by atoms with Crippen molar-refractivity contribution in [1.82, 2.24) is 10.3 Å². The molecule has 0 radical (unpaired) electrons. The average Bonchev–Trinajstić information content (AvgIpc) is 2.96. The topological polar surface area (TPSA) is 34.2 Å². The third-order valence-electron chi connectivity index (χ3n) is 3.78. The third kappa shape index (κ3) is 2.92. The molecule has 0 saturated carbocycles. The van der Waals surface area contributed by atoms with Gasteiger partial charge in [0.15, 0.2) is 0 Å². The Balaban J connectivity index is 1.90. The van der Waals surface area contributed by atoms with E-state index in [1.807, 2.05) is 30.1 Å². The van der Waals surface area contributed by atoms with Gasteiger partial charge in [0, 0.05) is 16.3 Å². The van der Waals surface area contributed by atoms with Gasteiger partial charge >= 0.3 is 0 Å². The van der Waals surface area contributed by atoms with E-state index in [4.69, 9.17) is 4.74 Å². The number of fused-ring (bicyclic) bond motifs is 1. The molecule has 1 aliphatic heterocycles. The quantitative estimate of drug-likeness (QED) is 0.917. The van der Waals surface area contributed by atoms with Gasteiger partial charge in [-0.1, -0.05) is 25.1 Å². The Morgan fingerprint density at radius 2 is 2.19 bits per heavy atom. The van der Waals surface area contributed by atoms with Crippen molar-refractivity contribution in [2.75, 3.05) is 13.7 Å². The Labute approximate surface area is 130 Å². The molecule has 110 valence electrons. The lowest BCUT2D eigenvalue weighted by atomic mass is 10.0. The highest BCUT2D eigenvalue weighted by molar-refractivity contribution is 8.00. The zero-order valence-corrected chi connectivity index (χ0v) is 13.2. The summed E-state index contributed by atoms with van der Waals surface area (Å²) in [5.41, 5.74) is 2.44. The first kappa shape index (κ1) is 14.4. The van der Waals surface area contributed by atoms with Crippen LogP contribution in [0.1, 0.15) is 24.2 Å². The number of hydrogen-bond acceptors (Lipinski definition) is 4. The van der Waals surface area contributed by atoms with Crippen molar-refractivity contribution in [3.05, 3.63) is 53.9 Å². The van der Waals surface area contributed by atoms with E-state index < -0.39 is 0 Å². The molecule has 3 nitrogen and oxygen atoms in total. The largest absolute Gasteiger partial charge is 0.495 e. The van der Waals surface area contributed by atoms with Crippen LogP contribution < -0.4 is 10.1 Å². The molecule has 1 N–H and O–H groups in total. The minimum absolute atomic E-state index is 0.198. The van der Waals surface area contributed by atoms with Crippen LogP contribution in [0, 0.1) is 0 Å². The summed E-state index contributed by atoms with van der Waals surface area (Å²) in [5.74, 6) is 0.861. The predicted octanol–water partition coefficient (Wildman–Crippen LogP) is 3.46. The van der Waals surface area contributed by atoms with Crippen molar-refractivity contribution in [3.63, 3.8) is 0 Å². The molecule has 0 fully saturated rings. The molecule has 2 aromatic rings. The van der Waals surface area contributed by atoms with E-state index in [-0.39, 0.29) is 6.04 Å². The van der Waals surface area contributed by atoms with Gasteiger partial charge in [0.1, 0.15) is 11.4 Å². The highest BCUT2D eigenvalue weighted by atomic mass is 32.2. The van der Waals surface area contributed by atoms with Crippen molar-refractivity contribution in [2.24, 2.45) is 0 Å². The maximum Gasteiger partial charge on any atom is 0.142 e. The van der Waals surface area contributed by atoms with Crippen molar-refractivity contribution < 1.29 is 4.74 Å². The number of pyridine rings is 1. The Morgan fingerprint density at radius 3 is 2.95 bits per heavy atom. The van der Waals surface area contributed by atoms with Crippen molar-refractivity contribution in [1.29, 1.82) is 0 Å². The number of benzene rings is 1. The summed E-state index contributed by atoms with van der Waals surface area (Å²) < 4.78 is 5.50. The van der Waals surface area contributed by atoms with Crippen molar-refractivity contribution in [2.45, 2.75) is 29.5 Å². The molecule has 3 rings (SSSR count). The summed E-state index contributed by atoms with van der Waals surface area (Å²) in [7, 11) is 1.71. The molecule has 0 saturated heterocycles. The SMILES string of the molecule is CCNC(c1ncccc1OC)C1Cc2ccccc2S1. The average molecular weight is 300 g/mol. The smallest absolute Gasteiger partial charge is 0.142 e. The van der Waals surface area contributed by atoms with Crippen LogP contribution in [0.2, 0.25) is 0 Å². The molecule has 2 atom stereocenters. The first-order chi connectivity index (χ1) is 10.3. The first-order valence-corrected chi connectivity index (χ1v) is 8.18. The van der Waals surface area contributed by atoms with Crippen LogP contribution in [-0.4, -0.2) is 23.9 Å². The van der Waals surface area contributed by atoms with Crippen LogP contribution in [0.25, 0.3) is 0 Å². The zero-order valence-electron chi connectivity index (χ0n) is 12.4. The van der Waals surface area contributed by atoms with Gasteiger partial charge in [0.2, 0.25) is 0 Å². The predicted molar refractivity (Wildman–Crippen MR) is 87.0 cm³/mol. The third-order valence-corrected chi connectivity index (χ3v) is 5.18. The van der Waals surface area contributed by atoms with Crippen molar-refractivity contribution >= 4 is 11.8 Å². The molecule has 0 amide bonds. The minimum Gasteiger partial charge on any atom is -0.495 e. The number of nitrogens with zero attached hydrogens (tertiary/aromatic N) is 1. The molecule has 0 aliphatic carbocycles. The highest BCUT2D eigenvalue weighted by Gasteiger charge is 2.32. The normalized spacial score (nSPS) is 18.3. The number of aromatic nitrogens is 1. The second-order valence-corrected chi connectivity index (χ2v) is 6.38. The lowest BCUT2D eigenvalue weighted by Gasteiger charge is -2.24. The van der Waals surface area contributed by atoms with Crippen LogP contribution >= 0.6 is 11.8 Å². The molecular formula is C17H20N2OS. The Bertz CT molecular complexity index is 592. The summed E-state index contributed by atoms with van der Waals surface area (Å²) in [4.78, 5) is 5.96. The number of thioether (sulfide) groups is 1. The minimum atomic E-state index is 0.198. The summed E-state index contributed by atoms with van der Waals surface area (Å²) in [6.07, 6.45) is 2.91. The van der Waals surface area contributed by atoms with Gasteiger partial charge in [-0.2, -0.15) is 0 Å². The molecular weight excluding hydrogens is 280 g/mol. The van der Waals surface area contributed by atoms with E-state index in [0.717, 1.165) is 24.4 Å². The van der Waals surface area contributed by atoms with Gasteiger partial charge in [0.25, 0.3) is 0 Å². The molecule has 21 heavy (non-hydrogen) atoms. The lowest BCUT2D eigenvalue weighted by Crippen LogP contribution is -2.31. The van der Waals surface area contributed by atoms with Crippen LogP contribution in [-0.2, 0) is 6.42 Å². The van der Waals surface area contributed by atoms with E-state index in [9.17, 15) is 0 Å². The summed E-state index contributed by atoms with van der Waals surface area (Å²) in [5, 5.41) is 4.04. The van der Waals surface area contributed by atoms with Crippen LogP contribution in [0.5, 0.6) is 5.75 Å². The number of ether oxygens (including phenoxy) is 1. The van der Waals surface area contributed by atoms with Gasteiger partial charge in [0.05, 0.1) is 13.2 Å². The molecule has 4 heteroatoms. The number of hydrogen-bond donors (Lipinski definition) is 1. The van der Waals surface area contributed by atoms with Gasteiger partial charge in [-0.3, -0.25) is 4.98 Å². The van der Waals surface area contributed by atoms with Crippen LogP contribution in [0.4, 0.5) is 0 Å². The van der Waals surface area contributed by atoms with Gasteiger partial charge in [-0.05, 0) is 36.7 Å². The lowest BCUT2D eigenvalue weighted by molar-refractivity contribution is 0.392. The van der Waals surface area contributed by atoms with Gasteiger partial charge < -0.3 is 10.1 Å². The second-order valence-electron chi connectivity index (χ2n) is 5.09. The first-order valence-electron chi connectivity index (χ1n) is 7.30. The number of nitrogens with one attached hydrogen (secondary N) is 1. The Morgan fingerprint density at radius 1 is 1.33 bits per heavy atom. The highest BCUT2D eigenvalue weighted by Crippen LogP contribution is 2.43. The summed E-state index contributed by atoms with van der Waals surface area (Å²) in [6.45, 7) is 3.05. The van der Waals surface area contributed by atoms with Gasteiger partial charge in [-0.25, -0.2) is 0 Å². The maximum absolute atomic E-state index is 5.50. The van der Waals surface area contributed by atoms with Crippen LogP contribution in [0.3, 0.4) is 0 Å². The molecule has 1 aromatic carbocycles. The Kier molecular flexibility index (Phi) is 4.46. The van der Waals surface area contributed by atoms with E-state index in [1.54, 1.807) is 7.11 Å². The summed E-state index contributed by atoms with van der Waals surface area (Å²) >= 11 is 1.94. The molecule has 1 aromatic heterocycles. The fourth-order valence-electron chi connectivity index (χ4n) is 2.83. The van der Waals surface area contributed by atoms with Crippen LogP contribution in [0.15, 0.2) is 47.5 Å². The molecule has 1 aliphatic rings. The van der Waals surface area contributed by atoms with Gasteiger partial charge in [-0.15, -0.1) is 11.8 Å². The second kappa shape index (κ2) is 6.50. The van der Waals surface area contributed by atoms with E-state index >= 15 is 0 Å².